The summed E-state index contributed by atoms with van der Waals surface area (Å²) < 4.78 is 1.06. The van der Waals surface area contributed by atoms with Crippen LogP contribution in [-0.2, 0) is 0 Å². The molecule has 0 unspecified atom stereocenters. The molecule has 0 heterocycles. The molecule has 0 bridgehead atoms. The van der Waals surface area contributed by atoms with E-state index in [-0.39, 0.29) is 8.41 Å². The van der Waals surface area contributed by atoms with Crippen molar-refractivity contribution in [1.82, 2.24) is 0 Å². The first-order chi connectivity index (χ1) is 2.94. The second kappa shape index (κ2) is 3.13. The Balaban J connectivity index is 0. The molecule has 0 rings (SSSR count). The quantitative estimate of drug-likeness (QED) is 0.325. The van der Waals surface area contributed by atoms with Gasteiger partial charge in [-0.05, 0) is 13.8 Å². The van der Waals surface area contributed by atoms with Crippen molar-refractivity contribution in [3.63, 3.8) is 0 Å². The van der Waals surface area contributed by atoms with Crippen molar-refractivity contribution in [1.29, 1.82) is 0 Å². The summed E-state index contributed by atoms with van der Waals surface area (Å²) in [5.41, 5.74) is 0. The summed E-state index contributed by atoms with van der Waals surface area (Å²) in [6, 6.07) is 0.736. The van der Waals surface area contributed by atoms with E-state index in [0.717, 1.165) is 10.5 Å². The van der Waals surface area contributed by atoms with Gasteiger partial charge in [-0.3, -0.25) is 0 Å². The van der Waals surface area contributed by atoms with Crippen LogP contribution in [0.4, 0.5) is 0 Å². The Labute approximate surface area is 54.9 Å². The Hall–Kier alpha value is 0.0249. The monoisotopic (exact) mass is 117 g/mol. The zero-order valence-corrected chi connectivity index (χ0v) is 6.02. The zero-order valence-electron chi connectivity index (χ0n) is 6.02. The SMILES string of the molecule is CC(C)[N+](C)(C)C.[BH4-]. The zero-order chi connectivity index (χ0) is 6.08. The number of rotatable bonds is 1. The van der Waals surface area contributed by atoms with Gasteiger partial charge < -0.3 is 4.48 Å². The summed E-state index contributed by atoms with van der Waals surface area (Å²) >= 11 is 0. The Morgan fingerprint density at radius 3 is 1.12 bits per heavy atom. The molecule has 0 aromatic carbocycles. The summed E-state index contributed by atoms with van der Waals surface area (Å²) in [5, 5.41) is 0. The van der Waals surface area contributed by atoms with Crippen molar-refractivity contribution in [2.45, 2.75) is 19.9 Å². The molecule has 0 fully saturated rings. The van der Waals surface area contributed by atoms with Crippen LogP contribution >= 0.6 is 0 Å². The number of hydrogen-bond donors (Lipinski definition) is 0. The van der Waals surface area contributed by atoms with Gasteiger partial charge in [0, 0.05) is 0 Å². The lowest BCUT2D eigenvalue weighted by atomic mass is 10.3. The third kappa shape index (κ3) is 4.19. The Morgan fingerprint density at radius 2 is 1.12 bits per heavy atom. The van der Waals surface area contributed by atoms with Crippen LogP contribution < -0.4 is 0 Å². The molecule has 0 aliphatic heterocycles. The maximum Gasteiger partial charge on any atom is 0.0827 e. The fourth-order valence-electron chi connectivity index (χ4n) is 0. The van der Waals surface area contributed by atoms with Crippen LogP contribution in [0.2, 0.25) is 0 Å². The molecular weight excluding hydrogens is 96.9 g/mol. The third-order valence-corrected chi connectivity index (χ3v) is 1.55. The molecule has 0 N–H and O–H groups in total. The maximum absolute atomic E-state index is 2.22. The fourth-order valence-corrected chi connectivity index (χ4v) is 0. The molecule has 0 aliphatic rings. The van der Waals surface area contributed by atoms with Gasteiger partial charge in [0.25, 0.3) is 0 Å². The Kier molecular flexibility index (Phi) is 4.27. The molecule has 0 aliphatic carbocycles. The highest BCUT2D eigenvalue weighted by molar-refractivity contribution is 5.75. The highest BCUT2D eigenvalue weighted by Gasteiger charge is 2.10. The van der Waals surface area contributed by atoms with Crippen molar-refractivity contribution in [3.05, 3.63) is 0 Å². The molecular formula is C6H20BN. The van der Waals surface area contributed by atoms with Gasteiger partial charge >= 0.3 is 0 Å². The predicted molar refractivity (Wildman–Crippen MR) is 44.5 cm³/mol. The average Bonchev–Trinajstić information content (AvgIpc) is 1.31. The van der Waals surface area contributed by atoms with Crippen molar-refractivity contribution in [2.24, 2.45) is 0 Å². The summed E-state index contributed by atoms with van der Waals surface area (Å²) in [7, 11) is 6.60. The van der Waals surface area contributed by atoms with Gasteiger partial charge in [0.05, 0.1) is 27.2 Å². The molecule has 1 nitrogen and oxygen atoms in total. The topological polar surface area (TPSA) is 0 Å². The van der Waals surface area contributed by atoms with E-state index in [1.54, 1.807) is 0 Å². The van der Waals surface area contributed by atoms with E-state index in [0.29, 0.717) is 0 Å². The van der Waals surface area contributed by atoms with Crippen LogP contribution in [0, 0.1) is 0 Å². The van der Waals surface area contributed by atoms with Crippen LogP contribution in [0.3, 0.4) is 0 Å². The van der Waals surface area contributed by atoms with Crippen LogP contribution in [0.5, 0.6) is 0 Å². The number of nitrogens with zero attached hydrogens (tertiary/aromatic N) is 1. The van der Waals surface area contributed by atoms with Gasteiger partial charge in [-0.15, -0.1) is 0 Å². The minimum atomic E-state index is 0. The molecule has 8 heavy (non-hydrogen) atoms. The molecule has 2 heteroatoms. The normalized spacial score (nSPS) is 11.2. The number of hydrogen-bond acceptors (Lipinski definition) is 0. The van der Waals surface area contributed by atoms with Crippen LogP contribution in [0.1, 0.15) is 13.8 Å². The number of quaternary nitrogens is 1. The first kappa shape index (κ1) is 10.9. The predicted octanol–water partition coefficient (Wildman–Crippen LogP) is -0.351. The van der Waals surface area contributed by atoms with E-state index >= 15 is 0 Å². The lowest BCUT2D eigenvalue weighted by Crippen LogP contribution is -2.41. The first-order valence-corrected chi connectivity index (χ1v) is 2.75. The Morgan fingerprint density at radius 1 is 1.00 bits per heavy atom. The smallest absolute Gasteiger partial charge is 0.0827 e. The highest BCUT2D eigenvalue weighted by atomic mass is 15.3. The molecule has 0 saturated carbocycles. The molecule has 0 amide bonds. The molecule has 0 spiro atoms. The van der Waals surface area contributed by atoms with Gasteiger partial charge in [0.1, 0.15) is 0 Å². The van der Waals surface area contributed by atoms with E-state index in [2.05, 4.69) is 35.0 Å². The van der Waals surface area contributed by atoms with Crippen LogP contribution in [0.25, 0.3) is 0 Å². The average molecular weight is 117 g/mol. The lowest BCUT2D eigenvalue weighted by molar-refractivity contribution is -0.891. The minimum Gasteiger partial charge on any atom is -0.329 e. The van der Waals surface area contributed by atoms with E-state index in [1.165, 1.54) is 0 Å². The second-order valence-electron chi connectivity index (χ2n) is 3.21. The molecule has 0 atom stereocenters. The summed E-state index contributed by atoms with van der Waals surface area (Å²) in [6.45, 7) is 4.44. The van der Waals surface area contributed by atoms with Crippen molar-refractivity contribution >= 4 is 8.41 Å². The van der Waals surface area contributed by atoms with Gasteiger partial charge in [-0.25, -0.2) is 0 Å². The van der Waals surface area contributed by atoms with Gasteiger partial charge in [0.15, 0.2) is 0 Å². The van der Waals surface area contributed by atoms with E-state index < -0.39 is 0 Å². The Bertz CT molecular complexity index is 54.0. The summed E-state index contributed by atoms with van der Waals surface area (Å²) in [6.07, 6.45) is 0. The second-order valence-corrected chi connectivity index (χ2v) is 3.21. The molecule has 0 radical (unpaired) electrons. The van der Waals surface area contributed by atoms with Crippen molar-refractivity contribution < 1.29 is 4.48 Å². The van der Waals surface area contributed by atoms with E-state index in [4.69, 9.17) is 0 Å². The standard InChI is InChI=1S/C6H16N.BH4/c1-6(2)7(3,4)5;/h6H,1-5H3;1H4/q+1;-1. The van der Waals surface area contributed by atoms with Gasteiger partial charge in [-0.1, -0.05) is 8.41 Å². The van der Waals surface area contributed by atoms with Crippen LogP contribution in [0.15, 0.2) is 0 Å². The largest absolute Gasteiger partial charge is 0.329 e. The third-order valence-electron chi connectivity index (χ3n) is 1.55. The molecule has 52 valence electrons. The van der Waals surface area contributed by atoms with E-state index in [1.807, 2.05) is 0 Å². The highest BCUT2D eigenvalue weighted by Crippen LogP contribution is 1.97. The van der Waals surface area contributed by atoms with Crippen LogP contribution in [-0.4, -0.2) is 40.1 Å². The lowest BCUT2D eigenvalue weighted by Gasteiger charge is -2.28. The minimum absolute atomic E-state index is 0. The van der Waals surface area contributed by atoms with Crippen molar-refractivity contribution in [2.75, 3.05) is 21.1 Å². The maximum atomic E-state index is 2.22. The molecule has 0 saturated heterocycles. The van der Waals surface area contributed by atoms with Gasteiger partial charge in [-0.2, -0.15) is 0 Å². The van der Waals surface area contributed by atoms with E-state index in [9.17, 15) is 0 Å². The van der Waals surface area contributed by atoms with Gasteiger partial charge in [0.2, 0.25) is 0 Å². The first-order valence-electron chi connectivity index (χ1n) is 2.75. The summed E-state index contributed by atoms with van der Waals surface area (Å²) in [4.78, 5) is 0. The molecule has 0 aromatic heterocycles. The van der Waals surface area contributed by atoms with Crippen molar-refractivity contribution in [3.8, 4) is 0 Å². The summed E-state index contributed by atoms with van der Waals surface area (Å²) in [5.74, 6) is 0. The molecule has 0 aromatic rings. The fraction of sp³-hybridized carbons (Fsp3) is 1.00.